The molecule has 0 amide bonds. The molecule has 3 aromatic heterocycles. The first-order valence-corrected chi connectivity index (χ1v) is 13.0. The SMILES string of the molecule is COc1cc(OC)c(F)c(-c2cc3cnc(-c4ccc(C5(C#N)CCC5)nc4)cc3n(C3CCOC3)c2=O)c1F. The molecule has 40 heavy (non-hydrogen) atoms. The van der Waals surface area contributed by atoms with Gasteiger partial charge in [0.1, 0.15) is 0 Å². The van der Waals surface area contributed by atoms with Gasteiger partial charge in [-0.1, -0.05) is 0 Å². The second-order valence-electron chi connectivity index (χ2n) is 10.1. The summed E-state index contributed by atoms with van der Waals surface area (Å²) >= 11 is 0. The highest BCUT2D eigenvalue weighted by atomic mass is 19.1. The van der Waals surface area contributed by atoms with Crippen molar-refractivity contribution in [2.45, 2.75) is 37.1 Å². The summed E-state index contributed by atoms with van der Waals surface area (Å²) in [5.74, 6) is -2.48. The molecule has 1 unspecified atom stereocenters. The normalized spacial score (nSPS) is 17.8. The van der Waals surface area contributed by atoms with Crippen LogP contribution in [0.1, 0.15) is 37.4 Å². The predicted molar refractivity (Wildman–Crippen MR) is 143 cm³/mol. The Kier molecular flexibility index (Phi) is 6.47. The molecule has 1 aliphatic carbocycles. The zero-order valence-electron chi connectivity index (χ0n) is 22.0. The summed E-state index contributed by atoms with van der Waals surface area (Å²) in [7, 11) is 2.51. The van der Waals surface area contributed by atoms with Crippen LogP contribution in [0.2, 0.25) is 0 Å². The van der Waals surface area contributed by atoms with Gasteiger partial charge in [0, 0.05) is 36.0 Å². The number of rotatable bonds is 6. The number of fused-ring (bicyclic) bond motifs is 1. The second kappa shape index (κ2) is 9.99. The van der Waals surface area contributed by atoms with E-state index in [0.717, 1.165) is 36.6 Å². The Hall–Kier alpha value is -4.36. The number of methoxy groups -OCH3 is 2. The maximum absolute atomic E-state index is 15.4. The Morgan fingerprint density at radius 2 is 1.82 bits per heavy atom. The zero-order chi connectivity index (χ0) is 28.0. The summed E-state index contributed by atoms with van der Waals surface area (Å²) in [4.78, 5) is 23.1. The van der Waals surface area contributed by atoms with Crippen LogP contribution >= 0.6 is 0 Å². The lowest BCUT2D eigenvalue weighted by Gasteiger charge is -2.34. The van der Waals surface area contributed by atoms with Crippen molar-refractivity contribution < 1.29 is 23.0 Å². The van der Waals surface area contributed by atoms with E-state index in [1.54, 1.807) is 18.5 Å². The lowest BCUT2D eigenvalue weighted by atomic mass is 9.67. The summed E-state index contributed by atoms with van der Waals surface area (Å²) in [6.07, 6.45) is 6.41. The van der Waals surface area contributed by atoms with Gasteiger partial charge in [-0.25, -0.2) is 8.78 Å². The van der Waals surface area contributed by atoms with E-state index in [0.29, 0.717) is 29.6 Å². The molecule has 0 radical (unpaired) electrons. The first-order chi connectivity index (χ1) is 19.4. The highest BCUT2D eigenvalue weighted by molar-refractivity contribution is 5.87. The average Bonchev–Trinajstić information content (AvgIpc) is 3.48. The summed E-state index contributed by atoms with van der Waals surface area (Å²) in [6, 6.07) is 10.1. The molecule has 1 atom stereocenters. The maximum Gasteiger partial charge on any atom is 0.259 e. The Labute approximate surface area is 228 Å². The number of pyridine rings is 3. The number of benzene rings is 1. The minimum Gasteiger partial charge on any atom is -0.494 e. The molecule has 1 saturated heterocycles. The summed E-state index contributed by atoms with van der Waals surface area (Å²) in [5.41, 5.74) is 0.806. The van der Waals surface area contributed by atoms with Crippen LogP contribution in [0.25, 0.3) is 33.3 Å². The Morgan fingerprint density at radius 3 is 2.38 bits per heavy atom. The van der Waals surface area contributed by atoms with Crippen molar-refractivity contribution in [1.29, 1.82) is 5.26 Å². The number of halogens is 2. The number of ether oxygens (including phenoxy) is 3. The van der Waals surface area contributed by atoms with Crippen molar-refractivity contribution in [1.82, 2.24) is 14.5 Å². The van der Waals surface area contributed by atoms with E-state index in [4.69, 9.17) is 14.2 Å². The van der Waals surface area contributed by atoms with E-state index in [2.05, 4.69) is 16.0 Å². The number of nitrogens with zero attached hydrogens (tertiary/aromatic N) is 4. The molecule has 4 aromatic rings. The number of hydrogen-bond donors (Lipinski definition) is 0. The molecule has 204 valence electrons. The number of aromatic nitrogens is 3. The largest absolute Gasteiger partial charge is 0.494 e. The molecular weight excluding hydrogens is 518 g/mol. The molecular formula is C30H26F2N4O4. The molecule has 10 heteroatoms. The molecule has 1 aromatic carbocycles. The van der Waals surface area contributed by atoms with Crippen molar-refractivity contribution in [3.63, 3.8) is 0 Å². The second-order valence-corrected chi connectivity index (χ2v) is 10.1. The molecule has 2 aliphatic rings. The third-order valence-corrected chi connectivity index (χ3v) is 8.00. The first-order valence-electron chi connectivity index (χ1n) is 13.0. The van der Waals surface area contributed by atoms with Gasteiger partial charge < -0.3 is 18.8 Å². The smallest absolute Gasteiger partial charge is 0.259 e. The zero-order valence-corrected chi connectivity index (χ0v) is 22.0. The molecule has 8 nitrogen and oxygen atoms in total. The monoisotopic (exact) mass is 544 g/mol. The number of hydrogen-bond acceptors (Lipinski definition) is 7. The van der Waals surface area contributed by atoms with E-state index >= 15 is 8.78 Å². The first kappa shape index (κ1) is 25.9. The Balaban J connectivity index is 1.53. The minimum absolute atomic E-state index is 0.172. The predicted octanol–water partition coefficient (Wildman–Crippen LogP) is 5.33. The molecule has 0 bridgehead atoms. The third kappa shape index (κ3) is 4.00. The molecule has 0 spiro atoms. The van der Waals surface area contributed by atoms with Crippen molar-refractivity contribution >= 4 is 10.9 Å². The lowest BCUT2D eigenvalue weighted by Crippen LogP contribution is -2.33. The van der Waals surface area contributed by atoms with E-state index in [1.807, 2.05) is 12.1 Å². The van der Waals surface area contributed by atoms with E-state index in [9.17, 15) is 10.1 Å². The number of nitriles is 1. The average molecular weight is 545 g/mol. The van der Waals surface area contributed by atoms with Gasteiger partial charge in [-0.15, -0.1) is 0 Å². The standard InChI is InChI=1S/C30H26F2N4O4/c1-38-23-12-24(39-2)28(32)26(27(23)31)20-10-18-14-34-21(11-22(18)36(29(20)37)19-6-9-40-15-19)17-4-5-25(35-13-17)30(16-33)7-3-8-30/h4-5,10-14,19H,3,6-9,15H2,1-2H3. The topological polar surface area (TPSA) is 99.3 Å². The van der Waals surface area contributed by atoms with Crippen molar-refractivity contribution in [3.05, 3.63) is 70.4 Å². The fourth-order valence-corrected chi connectivity index (χ4v) is 5.56. The van der Waals surface area contributed by atoms with Gasteiger partial charge in [0.25, 0.3) is 5.56 Å². The van der Waals surface area contributed by atoms with Crippen LogP contribution in [0.15, 0.2) is 47.5 Å². The molecule has 0 N–H and O–H groups in total. The van der Waals surface area contributed by atoms with Crippen molar-refractivity contribution in [2.75, 3.05) is 27.4 Å². The van der Waals surface area contributed by atoms with E-state index in [1.165, 1.54) is 24.9 Å². The van der Waals surface area contributed by atoms with Crippen LogP contribution in [-0.2, 0) is 10.2 Å². The van der Waals surface area contributed by atoms with Gasteiger partial charge >= 0.3 is 0 Å². The highest BCUT2D eigenvalue weighted by Crippen LogP contribution is 2.42. The minimum atomic E-state index is -0.996. The van der Waals surface area contributed by atoms with Crippen LogP contribution in [0, 0.1) is 23.0 Å². The fraction of sp³-hybridized carbons (Fsp3) is 0.333. The highest BCUT2D eigenvalue weighted by Gasteiger charge is 2.40. The third-order valence-electron chi connectivity index (χ3n) is 8.00. The maximum atomic E-state index is 15.4. The van der Waals surface area contributed by atoms with Gasteiger partial charge in [-0.05, 0) is 49.9 Å². The molecule has 6 rings (SSSR count). The van der Waals surface area contributed by atoms with Crippen LogP contribution in [0.3, 0.4) is 0 Å². The molecule has 4 heterocycles. The van der Waals surface area contributed by atoms with Gasteiger partial charge in [-0.2, -0.15) is 5.26 Å². The molecule has 1 aliphatic heterocycles. The fourth-order valence-electron chi connectivity index (χ4n) is 5.56. The van der Waals surface area contributed by atoms with Gasteiger partial charge in [-0.3, -0.25) is 14.8 Å². The van der Waals surface area contributed by atoms with Crippen LogP contribution in [0.4, 0.5) is 8.78 Å². The van der Waals surface area contributed by atoms with Crippen molar-refractivity contribution in [2.24, 2.45) is 0 Å². The van der Waals surface area contributed by atoms with Crippen LogP contribution in [0.5, 0.6) is 11.5 Å². The molecule has 1 saturated carbocycles. The summed E-state index contributed by atoms with van der Waals surface area (Å²) < 4.78 is 48.2. The Morgan fingerprint density at radius 1 is 1.07 bits per heavy atom. The molecule has 2 fully saturated rings. The van der Waals surface area contributed by atoms with Crippen molar-refractivity contribution in [3.8, 4) is 40.0 Å². The summed E-state index contributed by atoms with van der Waals surface area (Å²) in [5, 5.41) is 10.2. The van der Waals surface area contributed by atoms with E-state index < -0.39 is 28.2 Å². The van der Waals surface area contributed by atoms with Gasteiger partial charge in [0.05, 0.1) is 66.4 Å². The van der Waals surface area contributed by atoms with E-state index in [-0.39, 0.29) is 29.7 Å². The van der Waals surface area contributed by atoms with Gasteiger partial charge in [0.2, 0.25) is 0 Å². The summed E-state index contributed by atoms with van der Waals surface area (Å²) in [6.45, 7) is 0.748. The van der Waals surface area contributed by atoms with Crippen LogP contribution in [-0.4, -0.2) is 42.0 Å². The van der Waals surface area contributed by atoms with Gasteiger partial charge in [0.15, 0.2) is 23.1 Å². The lowest BCUT2D eigenvalue weighted by molar-refractivity contribution is 0.186. The Bertz CT molecular complexity index is 1690. The van der Waals surface area contributed by atoms with Crippen LogP contribution < -0.4 is 15.0 Å². The quantitative estimate of drug-likeness (QED) is 0.324.